The van der Waals surface area contributed by atoms with Crippen molar-refractivity contribution in [2.75, 3.05) is 25.6 Å². The number of ether oxygens (including phenoxy) is 1. The van der Waals surface area contributed by atoms with Crippen LogP contribution in [-0.4, -0.2) is 20.7 Å². The van der Waals surface area contributed by atoms with E-state index in [9.17, 15) is 0 Å². The first-order chi connectivity index (χ1) is 10.1. The highest BCUT2D eigenvalue weighted by Crippen LogP contribution is 2.33. The molecule has 21 heavy (non-hydrogen) atoms. The molecule has 3 nitrogen and oxygen atoms in total. The summed E-state index contributed by atoms with van der Waals surface area (Å²) in [6.45, 7) is 4.84. The van der Waals surface area contributed by atoms with Crippen molar-refractivity contribution in [1.29, 1.82) is 0 Å². The molecule has 2 aromatic rings. The number of benzene rings is 2. The molecule has 0 saturated heterocycles. The molecule has 0 aliphatic carbocycles. The van der Waals surface area contributed by atoms with E-state index in [1.807, 2.05) is 18.2 Å². The summed E-state index contributed by atoms with van der Waals surface area (Å²) in [5.41, 5.74) is 11.0. The van der Waals surface area contributed by atoms with Gasteiger partial charge >= 0.3 is 0 Å². The van der Waals surface area contributed by atoms with Crippen LogP contribution in [0.3, 0.4) is 0 Å². The third-order valence-electron chi connectivity index (χ3n) is 4.16. The second kappa shape index (κ2) is 6.64. The van der Waals surface area contributed by atoms with Crippen LogP contribution in [0.2, 0.25) is 0 Å². The van der Waals surface area contributed by atoms with Gasteiger partial charge in [0.25, 0.3) is 0 Å². The lowest BCUT2D eigenvalue weighted by atomic mass is 9.96. The summed E-state index contributed by atoms with van der Waals surface area (Å²) in [6.07, 6.45) is 0. The Morgan fingerprint density at radius 2 is 1.81 bits per heavy atom. The van der Waals surface area contributed by atoms with Crippen LogP contribution >= 0.6 is 0 Å². The van der Waals surface area contributed by atoms with E-state index in [4.69, 9.17) is 10.5 Å². The number of hydrogen-bond acceptors (Lipinski definition) is 3. The molecule has 2 aromatic carbocycles. The Bertz CT molecular complexity index is 610. The van der Waals surface area contributed by atoms with Crippen molar-refractivity contribution in [1.82, 2.24) is 0 Å². The van der Waals surface area contributed by atoms with Crippen molar-refractivity contribution in [2.24, 2.45) is 5.73 Å². The number of methoxy groups -OCH3 is 1. The Balaban J connectivity index is 2.43. The molecule has 2 N–H and O–H groups in total. The second-order valence-electron chi connectivity index (χ2n) is 5.32. The number of anilines is 1. The highest BCUT2D eigenvalue weighted by Gasteiger charge is 2.20. The van der Waals surface area contributed by atoms with Gasteiger partial charge in [0, 0.05) is 13.6 Å². The van der Waals surface area contributed by atoms with E-state index in [-0.39, 0.29) is 6.04 Å². The van der Waals surface area contributed by atoms with Gasteiger partial charge in [-0.15, -0.1) is 0 Å². The number of nitrogens with two attached hydrogens (primary N) is 1. The minimum Gasteiger partial charge on any atom is -0.495 e. The van der Waals surface area contributed by atoms with E-state index in [0.717, 1.165) is 11.4 Å². The maximum Gasteiger partial charge on any atom is 0.142 e. The van der Waals surface area contributed by atoms with Crippen molar-refractivity contribution < 1.29 is 4.74 Å². The van der Waals surface area contributed by atoms with Gasteiger partial charge in [-0.05, 0) is 42.7 Å². The Hall–Kier alpha value is -2.00. The summed E-state index contributed by atoms with van der Waals surface area (Å²) in [7, 11) is 3.76. The summed E-state index contributed by atoms with van der Waals surface area (Å²) < 4.78 is 5.47. The highest BCUT2D eigenvalue weighted by molar-refractivity contribution is 5.59. The Kier molecular flexibility index (Phi) is 4.86. The molecule has 1 unspecified atom stereocenters. The van der Waals surface area contributed by atoms with Gasteiger partial charge in [0.05, 0.1) is 18.8 Å². The molecule has 0 amide bonds. The van der Waals surface area contributed by atoms with Crippen LogP contribution in [-0.2, 0) is 0 Å². The number of para-hydroxylation sites is 2. The molecular formula is C18H24N2O. The minimum absolute atomic E-state index is 0.126. The number of likely N-dealkylation sites (N-methyl/N-ethyl adjacent to an activating group) is 1. The molecule has 3 heteroatoms. The van der Waals surface area contributed by atoms with Crippen molar-refractivity contribution in [3.05, 3.63) is 59.2 Å². The summed E-state index contributed by atoms with van der Waals surface area (Å²) in [5, 5.41) is 0. The Morgan fingerprint density at radius 3 is 2.48 bits per heavy atom. The van der Waals surface area contributed by atoms with Crippen LogP contribution in [0.5, 0.6) is 5.75 Å². The highest BCUT2D eigenvalue weighted by atomic mass is 16.5. The topological polar surface area (TPSA) is 38.5 Å². The average Bonchev–Trinajstić information content (AvgIpc) is 2.51. The zero-order chi connectivity index (χ0) is 15.4. The molecule has 112 valence electrons. The number of hydrogen-bond donors (Lipinski definition) is 1. The largest absolute Gasteiger partial charge is 0.495 e. The zero-order valence-electron chi connectivity index (χ0n) is 13.3. The third-order valence-corrected chi connectivity index (χ3v) is 4.16. The van der Waals surface area contributed by atoms with E-state index in [1.54, 1.807) is 7.11 Å². The van der Waals surface area contributed by atoms with Gasteiger partial charge in [0.15, 0.2) is 0 Å². The quantitative estimate of drug-likeness (QED) is 0.914. The fraction of sp³-hybridized carbons (Fsp3) is 0.333. The average molecular weight is 284 g/mol. The van der Waals surface area contributed by atoms with Crippen LogP contribution in [0.15, 0.2) is 42.5 Å². The zero-order valence-corrected chi connectivity index (χ0v) is 13.3. The van der Waals surface area contributed by atoms with E-state index in [2.05, 4.69) is 50.1 Å². The van der Waals surface area contributed by atoms with E-state index in [1.165, 1.54) is 16.7 Å². The lowest BCUT2D eigenvalue weighted by Crippen LogP contribution is -2.31. The molecule has 0 aliphatic rings. The number of nitrogens with zero attached hydrogens (tertiary/aromatic N) is 1. The van der Waals surface area contributed by atoms with Gasteiger partial charge < -0.3 is 15.4 Å². The molecule has 0 aromatic heterocycles. The third kappa shape index (κ3) is 3.03. The fourth-order valence-corrected chi connectivity index (χ4v) is 2.72. The maximum atomic E-state index is 6.07. The second-order valence-corrected chi connectivity index (χ2v) is 5.32. The van der Waals surface area contributed by atoms with E-state index < -0.39 is 0 Å². The fourth-order valence-electron chi connectivity index (χ4n) is 2.72. The maximum absolute atomic E-state index is 6.07. The molecule has 2 rings (SSSR count). The van der Waals surface area contributed by atoms with Crippen LogP contribution in [0.1, 0.15) is 22.7 Å². The Labute approximate surface area is 127 Å². The van der Waals surface area contributed by atoms with Crippen LogP contribution in [0.4, 0.5) is 5.69 Å². The lowest BCUT2D eigenvalue weighted by Gasteiger charge is -2.32. The smallest absolute Gasteiger partial charge is 0.142 e. The standard InChI is InChI=1S/C18H24N2O/c1-13-8-7-9-15(14(13)2)17(12-19)20(3)16-10-5-6-11-18(16)21-4/h5-11,17H,12,19H2,1-4H3. The van der Waals surface area contributed by atoms with Gasteiger partial charge in [0.2, 0.25) is 0 Å². The first-order valence-electron chi connectivity index (χ1n) is 7.22. The molecule has 0 aliphatic heterocycles. The van der Waals surface area contributed by atoms with Crippen LogP contribution in [0.25, 0.3) is 0 Å². The molecule has 0 bridgehead atoms. The minimum atomic E-state index is 0.126. The van der Waals surface area contributed by atoms with E-state index >= 15 is 0 Å². The predicted octanol–water partition coefficient (Wildman–Crippen LogP) is 3.45. The first kappa shape index (κ1) is 15.4. The lowest BCUT2D eigenvalue weighted by molar-refractivity contribution is 0.413. The molecule has 0 spiro atoms. The number of rotatable bonds is 5. The van der Waals surface area contributed by atoms with Crippen molar-refractivity contribution in [3.8, 4) is 5.75 Å². The number of aryl methyl sites for hydroxylation is 1. The van der Waals surface area contributed by atoms with Gasteiger partial charge in [-0.2, -0.15) is 0 Å². The summed E-state index contributed by atoms with van der Waals surface area (Å²) in [5.74, 6) is 0.865. The molecular weight excluding hydrogens is 260 g/mol. The van der Waals surface area contributed by atoms with Crippen molar-refractivity contribution >= 4 is 5.69 Å². The molecule has 0 heterocycles. The predicted molar refractivity (Wildman–Crippen MR) is 89.1 cm³/mol. The van der Waals surface area contributed by atoms with Gasteiger partial charge in [-0.25, -0.2) is 0 Å². The van der Waals surface area contributed by atoms with Gasteiger partial charge in [0.1, 0.15) is 5.75 Å². The summed E-state index contributed by atoms with van der Waals surface area (Å²) in [6, 6.07) is 14.5. The first-order valence-corrected chi connectivity index (χ1v) is 7.22. The normalized spacial score (nSPS) is 12.0. The monoisotopic (exact) mass is 284 g/mol. The summed E-state index contributed by atoms with van der Waals surface area (Å²) >= 11 is 0. The molecule has 0 saturated carbocycles. The van der Waals surface area contributed by atoms with Crippen molar-refractivity contribution in [2.45, 2.75) is 19.9 Å². The molecule has 0 fully saturated rings. The Morgan fingerprint density at radius 1 is 1.10 bits per heavy atom. The van der Waals surface area contributed by atoms with Crippen LogP contribution in [0, 0.1) is 13.8 Å². The molecule has 0 radical (unpaired) electrons. The SMILES string of the molecule is COc1ccccc1N(C)C(CN)c1cccc(C)c1C. The van der Waals surface area contributed by atoms with Gasteiger partial charge in [-0.1, -0.05) is 30.3 Å². The van der Waals surface area contributed by atoms with E-state index in [0.29, 0.717) is 6.54 Å². The van der Waals surface area contributed by atoms with Gasteiger partial charge in [-0.3, -0.25) is 0 Å². The molecule has 1 atom stereocenters. The van der Waals surface area contributed by atoms with Crippen LogP contribution < -0.4 is 15.4 Å². The van der Waals surface area contributed by atoms with Crippen molar-refractivity contribution in [3.63, 3.8) is 0 Å². The summed E-state index contributed by atoms with van der Waals surface area (Å²) in [4.78, 5) is 2.20.